The van der Waals surface area contributed by atoms with E-state index in [0.29, 0.717) is 5.02 Å². The largest absolute Gasteiger partial charge is 0.496 e. The first kappa shape index (κ1) is 13.3. The van der Waals surface area contributed by atoms with Crippen molar-refractivity contribution in [1.82, 2.24) is 5.32 Å². The summed E-state index contributed by atoms with van der Waals surface area (Å²) in [5.41, 5.74) is 6.72. The number of hydrogen-bond acceptors (Lipinski definition) is 3. The Balaban J connectivity index is 3.23. The second kappa shape index (κ2) is 5.04. The Morgan fingerprint density at radius 2 is 2.06 bits per heavy atom. The Kier molecular flexibility index (Phi) is 4.19. The van der Waals surface area contributed by atoms with Crippen LogP contribution in [0.4, 0.5) is 0 Å². The highest BCUT2D eigenvalue weighted by molar-refractivity contribution is 6.30. The molecule has 0 amide bonds. The lowest BCUT2D eigenvalue weighted by Crippen LogP contribution is -2.45. The molecule has 1 unspecified atom stereocenters. The highest BCUT2D eigenvalue weighted by Crippen LogP contribution is 2.32. The Labute approximate surface area is 102 Å². The SMILES string of the molecule is CNC(c1cc(Cl)ccc1OC)C(C)(C)N. The minimum Gasteiger partial charge on any atom is -0.496 e. The lowest BCUT2D eigenvalue weighted by Gasteiger charge is -2.31. The predicted octanol–water partition coefficient (Wildman–Crippen LogP) is 2.35. The van der Waals surface area contributed by atoms with Gasteiger partial charge >= 0.3 is 0 Å². The van der Waals surface area contributed by atoms with Gasteiger partial charge in [0.2, 0.25) is 0 Å². The average molecular weight is 243 g/mol. The maximum absolute atomic E-state index is 6.13. The Bertz CT molecular complexity index is 361. The fourth-order valence-electron chi connectivity index (χ4n) is 1.86. The molecule has 0 aliphatic rings. The minimum atomic E-state index is -0.396. The number of rotatable bonds is 4. The fourth-order valence-corrected chi connectivity index (χ4v) is 2.04. The standard InChI is InChI=1S/C12H19ClN2O/c1-12(2,14)11(15-3)9-7-8(13)5-6-10(9)16-4/h5-7,11,15H,14H2,1-4H3. The van der Waals surface area contributed by atoms with Crippen LogP contribution in [-0.2, 0) is 0 Å². The number of nitrogens with one attached hydrogen (secondary N) is 1. The number of likely N-dealkylation sites (N-methyl/N-ethyl adjacent to an activating group) is 1. The van der Waals surface area contributed by atoms with E-state index >= 15 is 0 Å². The smallest absolute Gasteiger partial charge is 0.123 e. The van der Waals surface area contributed by atoms with Crippen LogP contribution in [0.3, 0.4) is 0 Å². The maximum Gasteiger partial charge on any atom is 0.123 e. The third-order valence-electron chi connectivity index (χ3n) is 2.54. The Hall–Kier alpha value is -0.770. The van der Waals surface area contributed by atoms with Gasteiger partial charge in [0.1, 0.15) is 5.75 Å². The van der Waals surface area contributed by atoms with Crippen molar-refractivity contribution >= 4 is 11.6 Å². The molecule has 0 radical (unpaired) electrons. The van der Waals surface area contributed by atoms with Gasteiger partial charge in [-0.3, -0.25) is 0 Å². The van der Waals surface area contributed by atoms with Gasteiger partial charge in [-0.15, -0.1) is 0 Å². The molecule has 0 aliphatic carbocycles. The molecule has 1 aromatic rings. The summed E-state index contributed by atoms with van der Waals surface area (Å²) in [6.07, 6.45) is 0. The molecular weight excluding hydrogens is 224 g/mol. The molecule has 1 aromatic carbocycles. The molecular formula is C12H19ClN2O. The highest BCUT2D eigenvalue weighted by Gasteiger charge is 2.27. The first-order valence-corrected chi connectivity index (χ1v) is 5.57. The van der Waals surface area contributed by atoms with E-state index in [1.165, 1.54) is 0 Å². The van der Waals surface area contributed by atoms with Gasteiger partial charge in [-0.2, -0.15) is 0 Å². The number of nitrogens with two attached hydrogens (primary N) is 1. The average Bonchev–Trinajstić information content (AvgIpc) is 2.17. The zero-order chi connectivity index (χ0) is 12.3. The van der Waals surface area contributed by atoms with Crippen LogP contribution in [0.2, 0.25) is 5.02 Å². The normalized spacial score (nSPS) is 13.6. The Morgan fingerprint density at radius 3 is 2.50 bits per heavy atom. The molecule has 3 nitrogen and oxygen atoms in total. The van der Waals surface area contributed by atoms with Crippen molar-refractivity contribution in [3.05, 3.63) is 28.8 Å². The van der Waals surface area contributed by atoms with Crippen LogP contribution in [0, 0.1) is 0 Å². The highest BCUT2D eigenvalue weighted by atomic mass is 35.5. The van der Waals surface area contributed by atoms with E-state index in [9.17, 15) is 0 Å². The summed E-state index contributed by atoms with van der Waals surface area (Å²) in [6.45, 7) is 3.93. The van der Waals surface area contributed by atoms with Crippen LogP contribution in [-0.4, -0.2) is 19.7 Å². The van der Waals surface area contributed by atoms with Crippen molar-refractivity contribution in [1.29, 1.82) is 0 Å². The van der Waals surface area contributed by atoms with Gasteiger partial charge in [-0.1, -0.05) is 11.6 Å². The second-order valence-electron chi connectivity index (χ2n) is 4.43. The van der Waals surface area contributed by atoms with Crippen LogP contribution in [0.5, 0.6) is 5.75 Å². The first-order valence-electron chi connectivity index (χ1n) is 5.19. The molecule has 0 fully saturated rings. The molecule has 0 aromatic heterocycles. The van der Waals surface area contributed by atoms with E-state index in [-0.39, 0.29) is 6.04 Å². The van der Waals surface area contributed by atoms with Crippen molar-refractivity contribution in [2.75, 3.05) is 14.2 Å². The predicted molar refractivity (Wildman–Crippen MR) is 68.1 cm³/mol. The first-order chi connectivity index (χ1) is 7.40. The zero-order valence-electron chi connectivity index (χ0n) is 10.2. The third kappa shape index (κ3) is 2.88. The van der Waals surface area contributed by atoms with E-state index in [0.717, 1.165) is 11.3 Å². The molecule has 16 heavy (non-hydrogen) atoms. The molecule has 0 saturated heterocycles. The van der Waals surface area contributed by atoms with Gasteiger partial charge in [0.25, 0.3) is 0 Å². The molecule has 0 saturated carbocycles. The van der Waals surface area contributed by atoms with E-state index < -0.39 is 5.54 Å². The molecule has 4 heteroatoms. The van der Waals surface area contributed by atoms with Crippen molar-refractivity contribution in [2.45, 2.75) is 25.4 Å². The molecule has 1 rings (SSSR count). The number of halogens is 1. The quantitative estimate of drug-likeness (QED) is 0.852. The van der Waals surface area contributed by atoms with E-state index in [1.807, 2.05) is 33.0 Å². The lowest BCUT2D eigenvalue weighted by atomic mass is 9.89. The number of methoxy groups -OCH3 is 1. The molecule has 1 atom stereocenters. The Morgan fingerprint density at radius 1 is 1.44 bits per heavy atom. The van der Waals surface area contributed by atoms with Crippen LogP contribution in [0.25, 0.3) is 0 Å². The van der Waals surface area contributed by atoms with Crippen LogP contribution in [0.15, 0.2) is 18.2 Å². The van der Waals surface area contributed by atoms with Gasteiger partial charge < -0.3 is 15.8 Å². The van der Waals surface area contributed by atoms with Crippen LogP contribution in [0.1, 0.15) is 25.5 Å². The van der Waals surface area contributed by atoms with Gasteiger partial charge in [0.05, 0.1) is 13.2 Å². The molecule has 0 bridgehead atoms. The van der Waals surface area contributed by atoms with Gasteiger partial charge in [0, 0.05) is 16.1 Å². The lowest BCUT2D eigenvalue weighted by molar-refractivity contribution is 0.346. The summed E-state index contributed by atoms with van der Waals surface area (Å²) in [6, 6.07) is 5.53. The summed E-state index contributed by atoms with van der Waals surface area (Å²) in [4.78, 5) is 0. The van der Waals surface area contributed by atoms with Gasteiger partial charge in [-0.25, -0.2) is 0 Å². The van der Waals surface area contributed by atoms with Crippen molar-refractivity contribution in [3.63, 3.8) is 0 Å². The maximum atomic E-state index is 6.13. The monoisotopic (exact) mass is 242 g/mol. The third-order valence-corrected chi connectivity index (χ3v) is 2.77. The van der Waals surface area contributed by atoms with Gasteiger partial charge in [-0.05, 0) is 39.1 Å². The van der Waals surface area contributed by atoms with Crippen molar-refractivity contribution in [2.24, 2.45) is 5.73 Å². The van der Waals surface area contributed by atoms with Crippen LogP contribution >= 0.6 is 11.6 Å². The van der Waals surface area contributed by atoms with Crippen LogP contribution < -0.4 is 15.8 Å². The fraction of sp³-hybridized carbons (Fsp3) is 0.500. The molecule has 3 N–H and O–H groups in total. The van der Waals surface area contributed by atoms with E-state index in [1.54, 1.807) is 13.2 Å². The number of ether oxygens (including phenoxy) is 1. The summed E-state index contributed by atoms with van der Waals surface area (Å²) < 4.78 is 5.32. The van der Waals surface area contributed by atoms with E-state index in [4.69, 9.17) is 22.1 Å². The molecule has 0 aliphatic heterocycles. The second-order valence-corrected chi connectivity index (χ2v) is 4.87. The number of hydrogen-bond donors (Lipinski definition) is 2. The van der Waals surface area contributed by atoms with Gasteiger partial charge in [0.15, 0.2) is 0 Å². The minimum absolute atomic E-state index is 0.0128. The van der Waals surface area contributed by atoms with Crippen molar-refractivity contribution < 1.29 is 4.74 Å². The topological polar surface area (TPSA) is 47.3 Å². The zero-order valence-corrected chi connectivity index (χ0v) is 10.9. The molecule has 0 spiro atoms. The van der Waals surface area contributed by atoms with Crippen molar-refractivity contribution in [3.8, 4) is 5.75 Å². The summed E-state index contributed by atoms with van der Waals surface area (Å²) in [7, 11) is 3.52. The van der Waals surface area contributed by atoms with E-state index in [2.05, 4.69) is 5.32 Å². The summed E-state index contributed by atoms with van der Waals surface area (Å²) in [5, 5.41) is 3.88. The number of benzene rings is 1. The molecule has 0 heterocycles. The summed E-state index contributed by atoms with van der Waals surface area (Å²) in [5.74, 6) is 0.794. The summed E-state index contributed by atoms with van der Waals surface area (Å²) >= 11 is 6.00. The molecule has 90 valence electrons.